The molecule has 1 aromatic carbocycles. The lowest BCUT2D eigenvalue weighted by Gasteiger charge is -2.11. The van der Waals surface area contributed by atoms with Gasteiger partial charge in [-0.2, -0.15) is 0 Å². The van der Waals surface area contributed by atoms with Crippen LogP contribution < -0.4 is 15.4 Å². The molecule has 2 N–H and O–H groups in total. The molecule has 0 aromatic heterocycles. The average molecular weight is 304 g/mol. The van der Waals surface area contributed by atoms with E-state index < -0.39 is 0 Å². The van der Waals surface area contributed by atoms with Gasteiger partial charge in [-0.15, -0.1) is 0 Å². The molecule has 1 aliphatic carbocycles. The molecule has 5 nitrogen and oxygen atoms in total. The molecule has 3 atom stereocenters. The molecular weight excluding hydrogens is 280 g/mol. The van der Waals surface area contributed by atoms with Crippen molar-refractivity contribution >= 4 is 11.8 Å². The van der Waals surface area contributed by atoms with E-state index >= 15 is 0 Å². The lowest BCUT2D eigenvalue weighted by atomic mass is 10.2. The Balaban J connectivity index is 1.81. The van der Waals surface area contributed by atoms with E-state index in [1.165, 1.54) is 0 Å². The lowest BCUT2D eigenvalue weighted by molar-refractivity contribution is -0.127. The molecule has 1 saturated carbocycles. The number of amides is 2. The quantitative estimate of drug-likeness (QED) is 0.808. The summed E-state index contributed by atoms with van der Waals surface area (Å²) in [6.45, 7) is 4.41. The Bertz CT molecular complexity index is 544. The molecule has 120 valence electrons. The minimum absolute atomic E-state index is 0.00760. The van der Waals surface area contributed by atoms with Crippen molar-refractivity contribution in [1.29, 1.82) is 0 Å². The highest BCUT2D eigenvalue weighted by Gasteiger charge is 2.48. The number of rotatable bonds is 7. The van der Waals surface area contributed by atoms with Crippen LogP contribution in [-0.2, 0) is 16.1 Å². The van der Waals surface area contributed by atoms with Crippen LogP contribution in [0.2, 0.25) is 0 Å². The number of benzene rings is 1. The van der Waals surface area contributed by atoms with Gasteiger partial charge in [-0.3, -0.25) is 9.59 Å². The van der Waals surface area contributed by atoms with Gasteiger partial charge in [-0.05, 0) is 25.8 Å². The van der Waals surface area contributed by atoms with Crippen LogP contribution in [0.3, 0.4) is 0 Å². The highest BCUT2D eigenvalue weighted by atomic mass is 16.5. The van der Waals surface area contributed by atoms with Crippen molar-refractivity contribution in [3.05, 3.63) is 29.8 Å². The maximum atomic E-state index is 12.1. The molecule has 3 unspecified atom stereocenters. The van der Waals surface area contributed by atoms with Crippen LogP contribution >= 0.6 is 0 Å². The summed E-state index contributed by atoms with van der Waals surface area (Å²) in [7, 11) is 1.61. The van der Waals surface area contributed by atoms with E-state index in [1.54, 1.807) is 7.11 Å². The van der Waals surface area contributed by atoms with Gasteiger partial charge in [0.15, 0.2) is 0 Å². The normalized spacial score (nSPS) is 20.9. The van der Waals surface area contributed by atoms with Gasteiger partial charge in [0.2, 0.25) is 11.8 Å². The summed E-state index contributed by atoms with van der Waals surface area (Å²) >= 11 is 0. The molecule has 1 aliphatic rings. The molecule has 0 saturated heterocycles. The second kappa shape index (κ2) is 7.29. The SMILES string of the molecule is CCC(C)NC(=O)C1CC1C(=O)NCc1ccccc1OC. The Kier molecular flexibility index (Phi) is 5.41. The van der Waals surface area contributed by atoms with Crippen LogP contribution in [0.15, 0.2) is 24.3 Å². The first kappa shape index (κ1) is 16.3. The van der Waals surface area contributed by atoms with Gasteiger partial charge in [0.1, 0.15) is 5.75 Å². The van der Waals surface area contributed by atoms with E-state index in [9.17, 15) is 9.59 Å². The Morgan fingerprint density at radius 3 is 2.64 bits per heavy atom. The summed E-state index contributed by atoms with van der Waals surface area (Å²) in [6.07, 6.45) is 1.53. The van der Waals surface area contributed by atoms with Crippen molar-refractivity contribution in [3.63, 3.8) is 0 Å². The van der Waals surface area contributed by atoms with Crippen molar-refractivity contribution in [3.8, 4) is 5.75 Å². The summed E-state index contributed by atoms with van der Waals surface area (Å²) in [5.41, 5.74) is 0.930. The molecule has 2 rings (SSSR count). The van der Waals surface area contributed by atoms with Gasteiger partial charge in [0.25, 0.3) is 0 Å². The maximum absolute atomic E-state index is 12.1. The maximum Gasteiger partial charge on any atom is 0.224 e. The number of methoxy groups -OCH3 is 1. The van der Waals surface area contributed by atoms with Gasteiger partial charge in [-0.25, -0.2) is 0 Å². The van der Waals surface area contributed by atoms with E-state index in [1.807, 2.05) is 38.1 Å². The highest BCUT2D eigenvalue weighted by molar-refractivity contribution is 5.92. The zero-order valence-corrected chi connectivity index (χ0v) is 13.4. The van der Waals surface area contributed by atoms with E-state index in [0.29, 0.717) is 13.0 Å². The third-order valence-electron chi connectivity index (χ3n) is 4.11. The number of hydrogen-bond donors (Lipinski definition) is 2. The zero-order chi connectivity index (χ0) is 16.1. The molecule has 0 bridgehead atoms. The number of carbonyl (C=O) groups excluding carboxylic acids is 2. The van der Waals surface area contributed by atoms with E-state index in [2.05, 4.69) is 10.6 Å². The molecule has 0 heterocycles. The topological polar surface area (TPSA) is 67.4 Å². The third kappa shape index (κ3) is 4.00. The fraction of sp³-hybridized carbons (Fsp3) is 0.529. The van der Waals surface area contributed by atoms with Gasteiger partial charge < -0.3 is 15.4 Å². The Morgan fingerprint density at radius 1 is 1.27 bits per heavy atom. The minimum Gasteiger partial charge on any atom is -0.496 e. The van der Waals surface area contributed by atoms with Crippen molar-refractivity contribution in [2.75, 3.05) is 7.11 Å². The number of hydrogen-bond acceptors (Lipinski definition) is 3. The number of para-hydroxylation sites is 1. The highest BCUT2D eigenvalue weighted by Crippen LogP contribution is 2.39. The van der Waals surface area contributed by atoms with Crippen molar-refractivity contribution in [2.45, 2.75) is 39.3 Å². The Morgan fingerprint density at radius 2 is 1.95 bits per heavy atom. The fourth-order valence-electron chi connectivity index (χ4n) is 2.39. The van der Waals surface area contributed by atoms with Crippen LogP contribution in [0.25, 0.3) is 0 Å². The van der Waals surface area contributed by atoms with E-state index in [-0.39, 0.29) is 29.7 Å². The van der Waals surface area contributed by atoms with Crippen LogP contribution in [0, 0.1) is 11.8 Å². The third-order valence-corrected chi connectivity index (χ3v) is 4.11. The second-order valence-electron chi connectivity index (χ2n) is 5.80. The first-order chi connectivity index (χ1) is 10.6. The van der Waals surface area contributed by atoms with E-state index in [0.717, 1.165) is 17.7 Å². The van der Waals surface area contributed by atoms with Crippen molar-refractivity contribution in [2.24, 2.45) is 11.8 Å². The van der Waals surface area contributed by atoms with Crippen molar-refractivity contribution in [1.82, 2.24) is 10.6 Å². The molecule has 22 heavy (non-hydrogen) atoms. The van der Waals surface area contributed by atoms with Gasteiger partial charge in [-0.1, -0.05) is 25.1 Å². The Labute approximate surface area is 131 Å². The van der Waals surface area contributed by atoms with Gasteiger partial charge in [0.05, 0.1) is 18.9 Å². The average Bonchev–Trinajstić information content (AvgIpc) is 3.33. The molecule has 0 aliphatic heterocycles. The van der Waals surface area contributed by atoms with Crippen molar-refractivity contribution < 1.29 is 14.3 Å². The largest absolute Gasteiger partial charge is 0.496 e. The number of carbonyl (C=O) groups is 2. The molecule has 5 heteroatoms. The summed E-state index contributed by atoms with van der Waals surface area (Å²) in [5, 5.41) is 5.82. The lowest BCUT2D eigenvalue weighted by Crippen LogP contribution is -2.35. The van der Waals surface area contributed by atoms with E-state index in [4.69, 9.17) is 4.74 Å². The molecule has 0 spiro atoms. The molecule has 0 radical (unpaired) electrons. The van der Waals surface area contributed by atoms with Crippen LogP contribution in [-0.4, -0.2) is 25.0 Å². The number of ether oxygens (including phenoxy) is 1. The molecular formula is C17H24N2O3. The first-order valence-electron chi connectivity index (χ1n) is 7.76. The minimum atomic E-state index is -0.196. The van der Waals surface area contributed by atoms with Crippen LogP contribution in [0.1, 0.15) is 32.3 Å². The Hall–Kier alpha value is -2.04. The van der Waals surface area contributed by atoms with Gasteiger partial charge >= 0.3 is 0 Å². The fourth-order valence-corrected chi connectivity index (χ4v) is 2.39. The van der Waals surface area contributed by atoms with Crippen LogP contribution in [0.4, 0.5) is 0 Å². The first-order valence-corrected chi connectivity index (χ1v) is 7.76. The second-order valence-corrected chi connectivity index (χ2v) is 5.80. The smallest absolute Gasteiger partial charge is 0.224 e. The van der Waals surface area contributed by atoms with Gasteiger partial charge in [0, 0.05) is 18.2 Å². The zero-order valence-electron chi connectivity index (χ0n) is 13.4. The van der Waals surface area contributed by atoms with Crippen LogP contribution in [0.5, 0.6) is 5.75 Å². The molecule has 1 fully saturated rings. The predicted molar refractivity (Wildman–Crippen MR) is 84.3 cm³/mol. The summed E-state index contributed by atoms with van der Waals surface area (Å²) in [5.74, 6) is 0.317. The summed E-state index contributed by atoms with van der Waals surface area (Å²) < 4.78 is 5.25. The summed E-state index contributed by atoms with van der Waals surface area (Å²) in [6, 6.07) is 7.73. The number of nitrogens with one attached hydrogen (secondary N) is 2. The monoisotopic (exact) mass is 304 g/mol. The predicted octanol–water partition coefficient (Wildman–Crippen LogP) is 1.86. The molecule has 1 aromatic rings. The summed E-state index contributed by atoms with van der Waals surface area (Å²) in [4.78, 5) is 24.1. The standard InChI is InChI=1S/C17H24N2O3/c1-4-11(2)19-17(21)14-9-13(14)16(20)18-10-12-7-5-6-8-15(12)22-3/h5-8,11,13-14H,4,9-10H2,1-3H3,(H,18,20)(H,19,21). The molecule has 2 amide bonds.